The lowest BCUT2D eigenvalue weighted by atomic mass is 9.96. The van der Waals surface area contributed by atoms with Gasteiger partial charge >= 0.3 is 13.5 Å². The third-order valence-electron chi connectivity index (χ3n) is 3.80. The van der Waals surface area contributed by atoms with Crippen molar-refractivity contribution in [1.29, 1.82) is 0 Å². The van der Waals surface area contributed by atoms with Gasteiger partial charge < -0.3 is 9.84 Å². The van der Waals surface area contributed by atoms with Crippen molar-refractivity contribution in [2.24, 2.45) is 0 Å². The van der Waals surface area contributed by atoms with Gasteiger partial charge in [-0.25, -0.2) is 9.36 Å². The largest absolute Gasteiger partial charge is 0.475 e. The van der Waals surface area contributed by atoms with Crippen LogP contribution in [0.2, 0.25) is 0 Å². The third-order valence-corrected chi connectivity index (χ3v) is 5.43. The van der Waals surface area contributed by atoms with Crippen LogP contribution in [-0.4, -0.2) is 45.2 Å². The van der Waals surface area contributed by atoms with E-state index in [0.717, 1.165) is 10.6 Å². The summed E-state index contributed by atoms with van der Waals surface area (Å²) in [6, 6.07) is 1.13. The normalized spacial score (nSPS) is 39.1. The van der Waals surface area contributed by atoms with Crippen molar-refractivity contribution in [2.75, 3.05) is 6.61 Å². The Morgan fingerprint density at radius 1 is 1.50 bits per heavy atom. The predicted octanol–water partition coefficient (Wildman–Crippen LogP) is 0.133. The van der Waals surface area contributed by atoms with E-state index in [9.17, 15) is 19.3 Å². The zero-order valence-corrected chi connectivity index (χ0v) is 14.3. The summed E-state index contributed by atoms with van der Waals surface area (Å²) in [5.41, 5.74) is -3.01. The SMILES string of the molecule is CC(C)OP1(=O)OC[C@H]2O[C@@H](n3ccc(=O)[nH]c3=O)[C@](C)(O)C2O1. The van der Waals surface area contributed by atoms with Crippen LogP contribution in [0.5, 0.6) is 0 Å². The van der Waals surface area contributed by atoms with Crippen LogP contribution in [0.3, 0.4) is 0 Å². The molecular weight excluding hydrogens is 343 g/mol. The molecule has 0 saturated carbocycles. The van der Waals surface area contributed by atoms with Crippen LogP contribution < -0.4 is 11.2 Å². The van der Waals surface area contributed by atoms with Crippen LogP contribution in [0.25, 0.3) is 0 Å². The highest BCUT2D eigenvalue weighted by Crippen LogP contribution is 2.59. The summed E-state index contributed by atoms with van der Waals surface area (Å²) in [6.07, 6.45) is -2.12. The molecule has 10 nitrogen and oxygen atoms in total. The topological polar surface area (TPSA) is 129 Å². The fourth-order valence-corrected chi connectivity index (χ4v) is 4.44. The highest BCUT2D eigenvalue weighted by molar-refractivity contribution is 7.48. The number of H-pyrrole nitrogens is 1. The lowest BCUT2D eigenvalue weighted by molar-refractivity contribution is -0.0946. The Kier molecular flexibility index (Phi) is 4.31. The molecule has 11 heteroatoms. The van der Waals surface area contributed by atoms with E-state index in [1.807, 2.05) is 0 Å². The Bertz CT molecular complexity index is 785. The van der Waals surface area contributed by atoms with Crippen LogP contribution in [0.4, 0.5) is 0 Å². The number of nitrogens with one attached hydrogen (secondary N) is 1. The lowest BCUT2D eigenvalue weighted by Crippen LogP contribution is -2.49. The van der Waals surface area contributed by atoms with Crippen LogP contribution >= 0.6 is 7.82 Å². The highest BCUT2D eigenvalue weighted by atomic mass is 31.2. The predicted molar refractivity (Wildman–Crippen MR) is 80.5 cm³/mol. The van der Waals surface area contributed by atoms with Crippen molar-refractivity contribution >= 4 is 7.82 Å². The van der Waals surface area contributed by atoms with Gasteiger partial charge in [0.15, 0.2) is 6.23 Å². The van der Waals surface area contributed by atoms with Crippen molar-refractivity contribution in [2.45, 2.75) is 50.9 Å². The minimum Gasteiger partial charge on any atom is -0.383 e. The first kappa shape index (κ1) is 17.5. The molecule has 1 aromatic rings. The smallest absolute Gasteiger partial charge is 0.383 e. The molecule has 0 spiro atoms. The van der Waals surface area contributed by atoms with Gasteiger partial charge in [0.1, 0.15) is 17.8 Å². The quantitative estimate of drug-likeness (QED) is 0.726. The average molecular weight is 362 g/mol. The molecule has 2 aliphatic rings. The van der Waals surface area contributed by atoms with Crippen molar-refractivity contribution in [3.05, 3.63) is 33.1 Å². The number of fused-ring (bicyclic) bond motifs is 1. The molecule has 5 atom stereocenters. The van der Waals surface area contributed by atoms with E-state index in [-0.39, 0.29) is 6.61 Å². The van der Waals surface area contributed by atoms with Crippen molar-refractivity contribution in [1.82, 2.24) is 9.55 Å². The Morgan fingerprint density at radius 3 is 2.83 bits per heavy atom. The molecule has 24 heavy (non-hydrogen) atoms. The molecule has 0 bridgehead atoms. The summed E-state index contributed by atoms with van der Waals surface area (Å²) in [7, 11) is -3.84. The number of ether oxygens (including phenoxy) is 1. The first-order chi connectivity index (χ1) is 11.1. The molecule has 2 fully saturated rings. The molecule has 0 aliphatic carbocycles. The van der Waals surface area contributed by atoms with E-state index < -0.39 is 49.2 Å². The average Bonchev–Trinajstić information content (AvgIpc) is 2.69. The first-order valence-corrected chi connectivity index (χ1v) is 8.89. The van der Waals surface area contributed by atoms with E-state index in [0.29, 0.717) is 0 Å². The maximum Gasteiger partial charge on any atom is 0.475 e. The monoisotopic (exact) mass is 362 g/mol. The van der Waals surface area contributed by atoms with Gasteiger partial charge in [0.05, 0.1) is 12.7 Å². The van der Waals surface area contributed by atoms with Gasteiger partial charge in [-0.1, -0.05) is 0 Å². The zero-order valence-electron chi connectivity index (χ0n) is 13.4. The minimum absolute atomic E-state index is 0.126. The van der Waals surface area contributed by atoms with Crippen molar-refractivity contribution < 1.29 is 28.0 Å². The third kappa shape index (κ3) is 3.01. The first-order valence-electron chi connectivity index (χ1n) is 7.43. The van der Waals surface area contributed by atoms with Gasteiger partial charge in [-0.15, -0.1) is 0 Å². The van der Waals surface area contributed by atoms with Crippen LogP contribution in [0, 0.1) is 0 Å². The molecule has 0 aromatic carbocycles. The van der Waals surface area contributed by atoms with Gasteiger partial charge in [0, 0.05) is 12.3 Å². The number of aromatic amines is 1. The van der Waals surface area contributed by atoms with Gasteiger partial charge in [0.2, 0.25) is 0 Å². The Labute approximate surface area is 136 Å². The van der Waals surface area contributed by atoms with E-state index in [4.69, 9.17) is 18.3 Å². The number of hydrogen-bond donors (Lipinski definition) is 2. The van der Waals surface area contributed by atoms with Gasteiger partial charge in [-0.3, -0.25) is 27.9 Å². The Hall–Kier alpha value is -1.29. The highest BCUT2D eigenvalue weighted by Gasteiger charge is 2.60. The second-order valence-corrected chi connectivity index (χ2v) is 7.77. The molecule has 1 aromatic heterocycles. The summed E-state index contributed by atoms with van der Waals surface area (Å²) in [6.45, 7) is 4.61. The number of aliphatic hydroxyl groups is 1. The number of hydrogen-bond acceptors (Lipinski definition) is 8. The Morgan fingerprint density at radius 2 is 2.21 bits per heavy atom. The maximum absolute atomic E-state index is 12.5. The number of phosphoric acid groups is 1. The number of rotatable bonds is 3. The fraction of sp³-hybridized carbons (Fsp3) is 0.692. The molecule has 3 rings (SSSR count). The van der Waals surface area contributed by atoms with Crippen molar-refractivity contribution in [3.8, 4) is 0 Å². The molecule has 3 heterocycles. The number of aromatic nitrogens is 2. The summed E-state index contributed by atoms with van der Waals surface area (Å²) in [4.78, 5) is 25.2. The molecule has 2 N–H and O–H groups in total. The summed E-state index contributed by atoms with van der Waals surface area (Å²) >= 11 is 0. The van der Waals surface area contributed by atoms with Crippen LogP contribution in [-0.2, 0) is 22.9 Å². The second kappa shape index (κ2) is 5.91. The molecule has 2 aliphatic heterocycles. The minimum atomic E-state index is -3.84. The summed E-state index contributed by atoms with van der Waals surface area (Å²) in [5, 5.41) is 10.8. The molecular formula is C13H19N2O8P. The summed E-state index contributed by atoms with van der Waals surface area (Å²) < 4.78 is 34.9. The van der Waals surface area contributed by atoms with E-state index in [1.165, 1.54) is 13.1 Å². The van der Waals surface area contributed by atoms with Crippen LogP contribution in [0.1, 0.15) is 27.0 Å². The zero-order chi connectivity index (χ0) is 17.7. The molecule has 2 unspecified atom stereocenters. The van der Waals surface area contributed by atoms with Crippen LogP contribution in [0.15, 0.2) is 21.9 Å². The second-order valence-electron chi connectivity index (χ2n) is 6.19. The van der Waals surface area contributed by atoms with Crippen molar-refractivity contribution in [3.63, 3.8) is 0 Å². The van der Waals surface area contributed by atoms with Gasteiger partial charge in [0.25, 0.3) is 5.56 Å². The van der Waals surface area contributed by atoms with E-state index in [1.54, 1.807) is 13.8 Å². The number of phosphoric ester groups is 1. The van der Waals surface area contributed by atoms with Gasteiger partial charge in [-0.05, 0) is 20.8 Å². The fourth-order valence-electron chi connectivity index (χ4n) is 2.80. The standard InChI is InChI=1S/C13H19N2O8P/c1-7(2)22-24(19)20-6-8-10(23-24)13(3,18)11(21-8)15-5-4-9(16)14-12(15)17/h4-5,7-8,10-11,18H,6H2,1-3H3,(H,14,16,17)/t8-,10?,11-,13-,24?/m1/s1. The van der Waals surface area contributed by atoms with E-state index >= 15 is 0 Å². The lowest BCUT2D eigenvalue weighted by Gasteiger charge is -2.35. The molecule has 2 saturated heterocycles. The number of nitrogens with zero attached hydrogens (tertiary/aromatic N) is 1. The molecule has 0 radical (unpaired) electrons. The Balaban J connectivity index is 1.91. The summed E-state index contributed by atoms with van der Waals surface area (Å²) in [5.74, 6) is 0. The van der Waals surface area contributed by atoms with E-state index in [2.05, 4.69) is 4.98 Å². The molecule has 0 amide bonds. The maximum atomic E-state index is 12.5. The van der Waals surface area contributed by atoms with Gasteiger partial charge in [-0.2, -0.15) is 0 Å². The molecule has 134 valence electrons.